The SMILES string of the molecule is CSc1cccc(N2CC(c3nc(-c4ccc(C(F)(F)F)cc4)no3)CC2=O)c1. The van der Waals surface area contributed by atoms with Crippen molar-refractivity contribution in [2.45, 2.75) is 23.4 Å². The third-order valence-corrected chi connectivity index (χ3v) is 5.48. The third-order valence-electron chi connectivity index (χ3n) is 4.75. The molecule has 1 amide bonds. The lowest BCUT2D eigenvalue weighted by Gasteiger charge is -2.16. The average Bonchev–Trinajstić information content (AvgIpc) is 3.34. The first-order valence-electron chi connectivity index (χ1n) is 8.81. The van der Waals surface area contributed by atoms with E-state index in [9.17, 15) is 18.0 Å². The Morgan fingerprint density at radius 3 is 2.62 bits per heavy atom. The number of nitrogens with zero attached hydrogens (tertiary/aromatic N) is 3. The first-order chi connectivity index (χ1) is 13.8. The number of alkyl halides is 3. The molecule has 1 aliphatic heterocycles. The fourth-order valence-electron chi connectivity index (χ4n) is 3.23. The molecule has 0 radical (unpaired) electrons. The van der Waals surface area contributed by atoms with Crippen LogP contribution >= 0.6 is 11.8 Å². The monoisotopic (exact) mass is 419 g/mol. The van der Waals surface area contributed by atoms with E-state index in [0.29, 0.717) is 18.0 Å². The van der Waals surface area contributed by atoms with Crippen LogP contribution in [0.25, 0.3) is 11.4 Å². The Labute approximate surface area is 168 Å². The highest BCUT2D eigenvalue weighted by atomic mass is 32.2. The predicted molar refractivity (Wildman–Crippen MR) is 103 cm³/mol. The summed E-state index contributed by atoms with van der Waals surface area (Å²) in [6.45, 7) is 0.408. The molecule has 1 aliphatic rings. The number of carbonyl (C=O) groups is 1. The average molecular weight is 419 g/mol. The molecule has 1 aromatic heterocycles. The molecule has 0 aliphatic carbocycles. The van der Waals surface area contributed by atoms with Gasteiger partial charge in [-0.2, -0.15) is 18.2 Å². The molecule has 0 saturated carbocycles. The summed E-state index contributed by atoms with van der Waals surface area (Å²) in [5.41, 5.74) is 0.489. The molecule has 1 saturated heterocycles. The molecular weight excluding hydrogens is 403 g/mol. The van der Waals surface area contributed by atoms with E-state index in [1.54, 1.807) is 16.7 Å². The van der Waals surface area contributed by atoms with Crippen LogP contribution < -0.4 is 4.90 Å². The molecule has 150 valence electrons. The normalized spacial score (nSPS) is 17.2. The van der Waals surface area contributed by atoms with Crippen molar-refractivity contribution in [2.24, 2.45) is 0 Å². The van der Waals surface area contributed by atoms with E-state index < -0.39 is 11.7 Å². The Morgan fingerprint density at radius 1 is 1.17 bits per heavy atom. The molecule has 2 aromatic carbocycles. The number of thioether (sulfide) groups is 1. The van der Waals surface area contributed by atoms with E-state index >= 15 is 0 Å². The second-order valence-electron chi connectivity index (χ2n) is 6.64. The molecule has 1 fully saturated rings. The van der Waals surface area contributed by atoms with Crippen molar-refractivity contribution in [3.8, 4) is 11.4 Å². The van der Waals surface area contributed by atoms with Crippen LogP contribution in [-0.2, 0) is 11.0 Å². The van der Waals surface area contributed by atoms with Gasteiger partial charge < -0.3 is 9.42 Å². The van der Waals surface area contributed by atoms with Gasteiger partial charge in [-0.05, 0) is 36.6 Å². The Morgan fingerprint density at radius 2 is 1.93 bits per heavy atom. The molecule has 0 spiro atoms. The van der Waals surface area contributed by atoms with Crippen molar-refractivity contribution in [1.29, 1.82) is 0 Å². The minimum Gasteiger partial charge on any atom is -0.339 e. The Bertz CT molecular complexity index is 1030. The summed E-state index contributed by atoms with van der Waals surface area (Å²) >= 11 is 1.59. The number of benzene rings is 2. The second kappa shape index (κ2) is 7.55. The number of hydrogen-bond acceptors (Lipinski definition) is 5. The zero-order valence-electron chi connectivity index (χ0n) is 15.3. The summed E-state index contributed by atoms with van der Waals surface area (Å²) in [6, 6.07) is 12.3. The molecule has 0 N–H and O–H groups in total. The highest BCUT2D eigenvalue weighted by Gasteiger charge is 2.35. The van der Waals surface area contributed by atoms with Crippen LogP contribution in [0.4, 0.5) is 18.9 Å². The van der Waals surface area contributed by atoms with Crippen LogP contribution in [0.15, 0.2) is 57.9 Å². The fourth-order valence-corrected chi connectivity index (χ4v) is 3.68. The van der Waals surface area contributed by atoms with Crippen molar-refractivity contribution in [1.82, 2.24) is 10.1 Å². The summed E-state index contributed by atoms with van der Waals surface area (Å²) in [6.07, 6.45) is -2.20. The molecule has 4 rings (SSSR count). The van der Waals surface area contributed by atoms with Gasteiger partial charge in [0.25, 0.3) is 0 Å². The number of anilines is 1. The number of amides is 1. The van der Waals surface area contributed by atoms with Crippen LogP contribution in [0.3, 0.4) is 0 Å². The molecule has 1 unspecified atom stereocenters. The zero-order valence-corrected chi connectivity index (χ0v) is 16.1. The van der Waals surface area contributed by atoms with E-state index in [2.05, 4.69) is 10.1 Å². The maximum absolute atomic E-state index is 12.7. The fraction of sp³-hybridized carbons (Fsp3) is 0.250. The van der Waals surface area contributed by atoms with Crippen molar-refractivity contribution in [3.63, 3.8) is 0 Å². The van der Waals surface area contributed by atoms with Gasteiger partial charge in [0.2, 0.25) is 17.6 Å². The lowest BCUT2D eigenvalue weighted by Crippen LogP contribution is -2.24. The van der Waals surface area contributed by atoms with Crippen LogP contribution in [-0.4, -0.2) is 28.8 Å². The van der Waals surface area contributed by atoms with Gasteiger partial charge in [0, 0.05) is 29.1 Å². The van der Waals surface area contributed by atoms with E-state index in [-0.39, 0.29) is 24.1 Å². The predicted octanol–water partition coefficient (Wildman–Crippen LogP) is 5.00. The second-order valence-corrected chi connectivity index (χ2v) is 7.52. The van der Waals surface area contributed by atoms with Gasteiger partial charge in [0.05, 0.1) is 11.5 Å². The van der Waals surface area contributed by atoms with Gasteiger partial charge in [0.15, 0.2) is 0 Å². The molecule has 9 heteroatoms. The first-order valence-corrected chi connectivity index (χ1v) is 10.0. The molecule has 0 bridgehead atoms. The number of rotatable bonds is 4. The zero-order chi connectivity index (χ0) is 20.6. The minimum absolute atomic E-state index is 0.0393. The van der Waals surface area contributed by atoms with E-state index in [1.165, 1.54) is 12.1 Å². The standard InChI is InChI=1S/C20H16F3N3O2S/c1-29-16-4-2-3-15(10-16)26-11-13(9-17(26)27)19-24-18(25-28-19)12-5-7-14(8-6-12)20(21,22)23/h2-8,10,13H,9,11H2,1H3. The van der Waals surface area contributed by atoms with Crippen LogP contribution in [0, 0.1) is 0 Å². The van der Waals surface area contributed by atoms with E-state index in [4.69, 9.17) is 4.52 Å². The Kier molecular flexibility index (Phi) is 5.08. The number of carbonyl (C=O) groups excluding carboxylic acids is 1. The molecule has 5 nitrogen and oxygen atoms in total. The molecular formula is C20H16F3N3O2S. The van der Waals surface area contributed by atoms with Crippen LogP contribution in [0.1, 0.15) is 23.8 Å². The first kappa shape index (κ1) is 19.5. The highest BCUT2D eigenvalue weighted by molar-refractivity contribution is 7.98. The number of halogens is 3. The molecule has 2 heterocycles. The summed E-state index contributed by atoms with van der Waals surface area (Å²) in [5, 5.41) is 3.87. The van der Waals surface area contributed by atoms with Gasteiger partial charge in [-0.3, -0.25) is 4.79 Å². The van der Waals surface area contributed by atoms with E-state index in [1.807, 2.05) is 30.5 Å². The van der Waals surface area contributed by atoms with Crippen molar-refractivity contribution in [3.05, 3.63) is 60.0 Å². The largest absolute Gasteiger partial charge is 0.416 e. The van der Waals surface area contributed by atoms with Crippen LogP contribution in [0.2, 0.25) is 0 Å². The van der Waals surface area contributed by atoms with Crippen molar-refractivity contribution < 1.29 is 22.5 Å². The highest BCUT2D eigenvalue weighted by Crippen LogP contribution is 2.34. The van der Waals surface area contributed by atoms with E-state index in [0.717, 1.165) is 22.7 Å². The maximum Gasteiger partial charge on any atom is 0.416 e. The van der Waals surface area contributed by atoms with Crippen molar-refractivity contribution in [2.75, 3.05) is 17.7 Å². The maximum atomic E-state index is 12.7. The van der Waals surface area contributed by atoms with Crippen molar-refractivity contribution >= 4 is 23.4 Å². The topological polar surface area (TPSA) is 59.2 Å². The van der Waals surface area contributed by atoms with Gasteiger partial charge in [-0.1, -0.05) is 23.4 Å². The summed E-state index contributed by atoms with van der Waals surface area (Å²) in [7, 11) is 0. The molecule has 3 aromatic rings. The van der Waals surface area contributed by atoms with Gasteiger partial charge in [-0.25, -0.2) is 0 Å². The van der Waals surface area contributed by atoms with Gasteiger partial charge in [-0.15, -0.1) is 11.8 Å². The molecule has 1 atom stereocenters. The Hall–Kier alpha value is -2.81. The molecule has 29 heavy (non-hydrogen) atoms. The number of aromatic nitrogens is 2. The quantitative estimate of drug-likeness (QED) is 0.557. The summed E-state index contributed by atoms with van der Waals surface area (Å²) in [5.74, 6) is 0.194. The Balaban J connectivity index is 1.52. The van der Waals surface area contributed by atoms with Crippen LogP contribution in [0.5, 0.6) is 0 Å². The van der Waals surface area contributed by atoms with Gasteiger partial charge in [0.1, 0.15) is 0 Å². The lowest BCUT2D eigenvalue weighted by atomic mass is 10.1. The minimum atomic E-state index is -4.40. The summed E-state index contributed by atoms with van der Waals surface area (Å²) in [4.78, 5) is 19.5. The van der Waals surface area contributed by atoms with Gasteiger partial charge >= 0.3 is 6.18 Å². The smallest absolute Gasteiger partial charge is 0.339 e. The number of hydrogen-bond donors (Lipinski definition) is 0. The lowest BCUT2D eigenvalue weighted by molar-refractivity contribution is -0.137. The summed E-state index contributed by atoms with van der Waals surface area (Å²) < 4.78 is 43.4. The third kappa shape index (κ3) is 4.00.